The summed E-state index contributed by atoms with van der Waals surface area (Å²) in [6.07, 6.45) is 0.994. The lowest BCUT2D eigenvalue weighted by Gasteiger charge is -2.25. The molecule has 0 saturated carbocycles. The summed E-state index contributed by atoms with van der Waals surface area (Å²) < 4.78 is 13.5. The SMILES string of the molecule is N#CC(c1ccc(Cl)c(F)c1)N1CCCNCC1. The topological polar surface area (TPSA) is 39.1 Å². The molecular weight excluding hydrogens is 253 g/mol. The highest BCUT2D eigenvalue weighted by Crippen LogP contribution is 2.24. The van der Waals surface area contributed by atoms with Crippen molar-refractivity contribution in [3.05, 3.63) is 34.6 Å². The second kappa shape index (κ2) is 6.14. The molecule has 1 aromatic carbocycles. The Balaban J connectivity index is 2.21. The molecule has 1 aliphatic rings. The predicted molar refractivity (Wildman–Crippen MR) is 68.8 cm³/mol. The van der Waals surface area contributed by atoms with E-state index in [1.54, 1.807) is 6.07 Å². The van der Waals surface area contributed by atoms with Crippen molar-refractivity contribution in [1.82, 2.24) is 10.2 Å². The summed E-state index contributed by atoms with van der Waals surface area (Å²) in [6.45, 7) is 3.45. The van der Waals surface area contributed by atoms with E-state index in [-0.39, 0.29) is 5.02 Å². The van der Waals surface area contributed by atoms with Crippen LogP contribution in [-0.4, -0.2) is 31.1 Å². The van der Waals surface area contributed by atoms with Crippen molar-refractivity contribution < 1.29 is 4.39 Å². The summed E-state index contributed by atoms with van der Waals surface area (Å²) in [4.78, 5) is 2.07. The highest BCUT2D eigenvalue weighted by atomic mass is 35.5. The van der Waals surface area contributed by atoms with Crippen LogP contribution in [0.4, 0.5) is 4.39 Å². The smallest absolute Gasteiger partial charge is 0.142 e. The number of hydrogen-bond donors (Lipinski definition) is 1. The first-order valence-corrected chi connectivity index (χ1v) is 6.39. The van der Waals surface area contributed by atoms with Crippen LogP contribution in [0.2, 0.25) is 5.02 Å². The number of nitrogens with zero attached hydrogens (tertiary/aromatic N) is 2. The van der Waals surface area contributed by atoms with Crippen molar-refractivity contribution in [3.8, 4) is 6.07 Å². The fraction of sp³-hybridized carbons (Fsp3) is 0.462. The third-order valence-electron chi connectivity index (χ3n) is 3.12. The number of hydrogen-bond acceptors (Lipinski definition) is 3. The van der Waals surface area contributed by atoms with Gasteiger partial charge in [0, 0.05) is 19.6 Å². The summed E-state index contributed by atoms with van der Waals surface area (Å²) >= 11 is 5.66. The first-order chi connectivity index (χ1) is 8.72. The van der Waals surface area contributed by atoms with Crippen molar-refractivity contribution in [2.45, 2.75) is 12.5 Å². The Kier molecular flexibility index (Phi) is 4.54. The molecule has 0 aromatic heterocycles. The van der Waals surface area contributed by atoms with Crippen molar-refractivity contribution in [2.24, 2.45) is 0 Å². The quantitative estimate of drug-likeness (QED) is 0.894. The van der Waals surface area contributed by atoms with Crippen molar-refractivity contribution in [3.63, 3.8) is 0 Å². The molecule has 0 spiro atoms. The third kappa shape index (κ3) is 2.99. The van der Waals surface area contributed by atoms with Crippen LogP contribution in [0.1, 0.15) is 18.0 Å². The Bertz CT molecular complexity index is 450. The molecule has 0 aliphatic carbocycles. The molecule has 1 aliphatic heterocycles. The summed E-state index contributed by atoms with van der Waals surface area (Å²) in [7, 11) is 0. The van der Waals surface area contributed by atoms with Crippen LogP contribution in [0.3, 0.4) is 0 Å². The Morgan fingerprint density at radius 3 is 2.94 bits per heavy atom. The molecule has 0 amide bonds. The molecule has 5 heteroatoms. The van der Waals surface area contributed by atoms with Crippen molar-refractivity contribution in [2.75, 3.05) is 26.2 Å². The minimum Gasteiger partial charge on any atom is -0.315 e. The lowest BCUT2D eigenvalue weighted by atomic mass is 10.1. The van der Waals surface area contributed by atoms with Gasteiger partial charge in [-0.2, -0.15) is 5.26 Å². The number of rotatable bonds is 2. The zero-order valence-electron chi connectivity index (χ0n) is 10.00. The molecule has 1 unspecified atom stereocenters. The third-order valence-corrected chi connectivity index (χ3v) is 3.43. The fourth-order valence-electron chi connectivity index (χ4n) is 2.17. The molecule has 1 saturated heterocycles. The molecule has 3 nitrogen and oxygen atoms in total. The van der Waals surface area contributed by atoms with Crippen LogP contribution in [0, 0.1) is 17.1 Å². The Morgan fingerprint density at radius 2 is 2.22 bits per heavy atom. The summed E-state index contributed by atoms with van der Waals surface area (Å²) in [5.74, 6) is -0.470. The molecule has 96 valence electrons. The van der Waals surface area contributed by atoms with Crippen LogP contribution in [-0.2, 0) is 0 Å². The van der Waals surface area contributed by atoms with E-state index in [9.17, 15) is 9.65 Å². The number of nitrogens with one attached hydrogen (secondary N) is 1. The van der Waals surface area contributed by atoms with Gasteiger partial charge in [-0.05, 0) is 30.7 Å². The van der Waals surface area contributed by atoms with Gasteiger partial charge in [0.15, 0.2) is 0 Å². The van der Waals surface area contributed by atoms with E-state index in [1.807, 2.05) is 0 Å². The van der Waals surface area contributed by atoms with Crippen LogP contribution < -0.4 is 5.32 Å². The van der Waals surface area contributed by atoms with E-state index < -0.39 is 11.9 Å². The van der Waals surface area contributed by atoms with Crippen molar-refractivity contribution >= 4 is 11.6 Å². The van der Waals surface area contributed by atoms with E-state index in [2.05, 4.69) is 16.3 Å². The van der Waals surface area contributed by atoms with E-state index in [1.165, 1.54) is 12.1 Å². The van der Waals surface area contributed by atoms with Gasteiger partial charge >= 0.3 is 0 Å². The molecule has 0 radical (unpaired) electrons. The lowest BCUT2D eigenvalue weighted by molar-refractivity contribution is 0.252. The second-order valence-corrected chi connectivity index (χ2v) is 4.75. The lowest BCUT2D eigenvalue weighted by Crippen LogP contribution is -2.31. The molecule has 1 N–H and O–H groups in total. The highest BCUT2D eigenvalue weighted by Gasteiger charge is 2.21. The zero-order chi connectivity index (χ0) is 13.0. The largest absolute Gasteiger partial charge is 0.315 e. The summed E-state index contributed by atoms with van der Waals surface area (Å²) in [6, 6.07) is 6.43. The molecule has 1 aromatic rings. The van der Waals surface area contributed by atoms with Gasteiger partial charge in [0.25, 0.3) is 0 Å². The first-order valence-electron chi connectivity index (χ1n) is 6.01. The maximum Gasteiger partial charge on any atom is 0.142 e. The van der Waals surface area contributed by atoms with Gasteiger partial charge in [-0.15, -0.1) is 0 Å². The Labute approximate surface area is 111 Å². The van der Waals surface area contributed by atoms with E-state index >= 15 is 0 Å². The fourth-order valence-corrected chi connectivity index (χ4v) is 2.29. The Hall–Kier alpha value is -1.15. The summed E-state index contributed by atoms with van der Waals surface area (Å²) in [5, 5.41) is 12.7. The number of benzene rings is 1. The summed E-state index contributed by atoms with van der Waals surface area (Å²) in [5.41, 5.74) is 0.668. The predicted octanol–water partition coefficient (Wildman–Crippen LogP) is 2.34. The maximum absolute atomic E-state index is 13.5. The molecule has 0 bridgehead atoms. The average molecular weight is 268 g/mol. The molecule has 1 heterocycles. The van der Waals surface area contributed by atoms with Crippen LogP contribution >= 0.6 is 11.6 Å². The van der Waals surface area contributed by atoms with Gasteiger partial charge < -0.3 is 5.32 Å². The molecule has 1 fully saturated rings. The Morgan fingerprint density at radius 1 is 1.39 bits per heavy atom. The van der Waals surface area contributed by atoms with Gasteiger partial charge in [0.05, 0.1) is 11.1 Å². The first kappa shape index (κ1) is 13.3. The maximum atomic E-state index is 13.5. The molecular formula is C13H15ClFN3. The van der Waals surface area contributed by atoms with Gasteiger partial charge in [0.2, 0.25) is 0 Å². The minimum absolute atomic E-state index is 0.0907. The zero-order valence-corrected chi connectivity index (χ0v) is 10.8. The van der Waals surface area contributed by atoms with Crippen LogP contribution in [0.5, 0.6) is 0 Å². The average Bonchev–Trinajstić information content (AvgIpc) is 2.64. The van der Waals surface area contributed by atoms with Gasteiger partial charge in [-0.3, -0.25) is 4.90 Å². The normalized spacial score (nSPS) is 18.9. The molecule has 18 heavy (non-hydrogen) atoms. The van der Waals surface area contributed by atoms with E-state index in [0.29, 0.717) is 5.56 Å². The highest BCUT2D eigenvalue weighted by molar-refractivity contribution is 6.30. The minimum atomic E-state index is -0.470. The molecule has 1 atom stereocenters. The number of nitriles is 1. The second-order valence-electron chi connectivity index (χ2n) is 4.34. The van der Waals surface area contributed by atoms with Crippen molar-refractivity contribution in [1.29, 1.82) is 5.26 Å². The molecule has 2 rings (SSSR count). The monoisotopic (exact) mass is 267 g/mol. The van der Waals surface area contributed by atoms with Crippen LogP contribution in [0.15, 0.2) is 18.2 Å². The van der Waals surface area contributed by atoms with E-state index in [0.717, 1.165) is 32.6 Å². The van der Waals surface area contributed by atoms with E-state index in [4.69, 9.17) is 11.6 Å². The van der Waals surface area contributed by atoms with Gasteiger partial charge in [-0.1, -0.05) is 17.7 Å². The number of halogens is 2. The van der Waals surface area contributed by atoms with Gasteiger partial charge in [0.1, 0.15) is 11.9 Å². The van der Waals surface area contributed by atoms with Gasteiger partial charge in [-0.25, -0.2) is 4.39 Å². The standard InChI is InChI=1S/C13H15ClFN3/c14-11-3-2-10(8-12(11)15)13(9-16)18-6-1-4-17-5-7-18/h2-3,8,13,17H,1,4-7H2. The van der Waals surface area contributed by atoms with Crippen LogP contribution in [0.25, 0.3) is 0 Å².